The third-order valence-corrected chi connectivity index (χ3v) is 8.65. The van der Waals surface area contributed by atoms with Crippen LogP contribution in [-0.2, 0) is 4.74 Å². The van der Waals surface area contributed by atoms with Crippen LogP contribution in [0.3, 0.4) is 0 Å². The van der Waals surface area contributed by atoms with Gasteiger partial charge in [-0.1, -0.05) is 12.8 Å². The lowest BCUT2D eigenvalue weighted by atomic mass is 9.53. The van der Waals surface area contributed by atoms with Crippen molar-refractivity contribution < 1.29 is 14.0 Å². The maximum Gasteiger partial charge on any atom is 0.515 e. The highest BCUT2D eigenvalue weighted by molar-refractivity contribution is 5.59. The Kier molecular flexibility index (Phi) is 4.90. The first-order chi connectivity index (χ1) is 12.0. The van der Waals surface area contributed by atoms with E-state index in [1.54, 1.807) is 0 Å². The number of hydrogen-bond donors (Lipinski definition) is 0. The predicted octanol–water partition coefficient (Wildman–Crippen LogP) is 5.24. The Morgan fingerprint density at radius 2 is 1.48 bits per heavy atom. The summed E-state index contributed by atoms with van der Waals surface area (Å²) < 4.78 is 6.28. The minimum atomic E-state index is -0.0360. The van der Waals surface area contributed by atoms with Crippen molar-refractivity contribution in [1.29, 1.82) is 0 Å². The number of fused-ring (bicyclic) bond motifs is 5. The molecule has 4 saturated carbocycles. The van der Waals surface area contributed by atoms with Crippen molar-refractivity contribution in [3.8, 4) is 0 Å². The summed E-state index contributed by atoms with van der Waals surface area (Å²) in [5, 5.41) is 0. The summed E-state index contributed by atoms with van der Waals surface area (Å²) in [7, 11) is 3.92. The standard InChI is InChI=1S/C22H38NO2/c1-4-23(2,3)22(24)25-17-10-13-19-16(14-17)9-12-20-18-7-5-6-15(18)8-11-21(19)20/h15-21H,4-14H2,1-3H3/q+1. The number of carbonyl (C=O) groups is 1. The highest BCUT2D eigenvalue weighted by Crippen LogP contribution is 2.58. The van der Waals surface area contributed by atoms with E-state index in [0.29, 0.717) is 4.48 Å². The number of ether oxygens (including phenoxy) is 1. The van der Waals surface area contributed by atoms with Crippen LogP contribution in [-0.4, -0.2) is 37.3 Å². The Morgan fingerprint density at radius 3 is 2.20 bits per heavy atom. The lowest BCUT2D eigenvalue weighted by Crippen LogP contribution is -2.49. The molecule has 3 nitrogen and oxygen atoms in total. The van der Waals surface area contributed by atoms with Crippen LogP contribution in [0.15, 0.2) is 0 Å². The van der Waals surface area contributed by atoms with E-state index >= 15 is 0 Å². The monoisotopic (exact) mass is 348 g/mol. The largest absolute Gasteiger partial charge is 0.515 e. The second-order valence-corrected chi connectivity index (χ2v) is 10.1. The third-order valence-electron chi connectivity index (χ3n) is 8.65. The van der Waals surface area contributed by atoms with Crippen molar-refractivity contribution in [3.05, 3.63) is 0 Å². The highest BCUT2D eigenvalue weighted by atomic mass is 16.6. The molecule has 142 valence electrons. The Balaban J connectivity index is 1.37. The Labute approximate surface area is 154 Å². The summed E-state index contributed by atoms with van der Waals surface area (Å²) in [6.45, 7) is 2.85. The van der Waals surface area contributed by atoms with Gasteiger partial charge in [0.05, 0.1) is 20.6 Å². The molecule has 4 aliphatic carbocycles. The maximum atomic E-state index is 12.4. The molecule has 0 aliphatic heterocycles. The second kappa shape index (κ2) is 6.87. The second-order valence-electron chi connectivity index (χ2n) is 10.1. The molecule has 4 rings (SSSR count). The maximum absolute atomic E-state index is 12.4. The summed E-state index contributed by atoms with van der Waals surface area (Å²) in [4.78, 5) is 12.4. The van der Waals surface area contributed by atoms with Crippen LogP contribution in [0.2, 0.25) is 0 Å². The molecule has 0 bridgehead atoms. The molecule has 0 heterocycles. The van der Waals surface area contributed by atoms with E-state index in [0.717, 1.165) is 54.9 Å². The number of rotatable bonds is 2. The van der Waals surface area contributed by atoms with Gasteiger partial charge in [0.2, 0.25) is 0 Å². The fourth-order valence-corrected chi connectivity index (χ4v) is 6.95. The van der Waals surface area contributed by atoms with Crippen molar-refractivity contribution >= 4 is 6.09 Å². The van der Waals surface area contributed by atoms with E-state index in [2.05, 4.69) is 6.92 Å². The van der Waals surface area contributed by atoms with Crippen molar-refractivity contribution in [1.82, 2.24) is 0 Å². The van der Waals surface area contributed by atoms with Gasteiger partial charge < -0.3 is 4.74 Å². The minimum absolute atomic E-state index is 0.0360. The fourth-order valence-electron chi connectivity index (χ4n) is 6.95. The molecule has 0 radical (unpaired) electrons. The van der Waals surface area contributed by atoms with Gasteiger partial charge in [-0.05, 0) is 93.8 Å². The van der Waals surface area contributed by atoms with Gasteiger partial charge in [0, 0.05) is 0 Å². The average Bonchev–Trinajstić information content (AvgIpc) is 3.10. The van der Waals surface area contributed by atoms with E-state index in [-0.39, 0.29) is 12.2 Å². The van der Waals surface area contributed by atoms with Crippen molar-refractivity contribution in [2.24, 2.45) is 35.5 Å². The zero-order valence-corrected chi connectivity index (χ0v) is 16.6. The number of hydrogen-bond acceptors (Lipinski definition) is 2. The Bertz CT molecular complexity index is 502. The van der Waals surface area contributed by atoms with Gasteiger partial charge in [-0.2, -0.15) is 4.79 Å². The third kappa shape index (κ3) is 3.26. The molecule has 0 spiro atoms. The van der Waals surface area contributed by atoms with Crippen molar-refractivity contribution in [2.45, 2.75) is 77.2 Å². The van der Waals surface area contributed by atoms with Crippen LogP contribution in [0.1, 0.15) is 71.1 Å². The molecular weight excluding hydrogens is 310 g/mol. The van der Waals surface area contributed by atoms with Crippen LogP contribution in [0.25, 0.3) is 0 Å². The quantitative estimate of drug-likeness (QED) is 0.638. The van der Waals surface area contributed by atoms with Crippen LogP contribution >= 0.6 is 0 Å². The molecular formula is C22H38NO2+. The predicted molar refractivity (Wildman–Crippen MR) is 100 cm³/mol. The summed E-state index contributed by atoms with van der Waals surface area (Å²) in [6.07, 6.45) is 14.1. The van der Waals surface area contributed by atoms with E-state index in [9.17, 15) is 4.79 Å². The van der Waals surface area contributed by atoms with Gasteiger partial charge in [0.15, 0.2) is 0 Å². The number of carbonyl (C=O) groups excluding carboxylic acids is 1. The van der Waals surface area contributed by atoms with E-state index in [1.165, 1.54) is 51.4 Å². The highest BCUT2D eigenvalue weighted by Gasteiger charge is 2.50. The number of amides is 1. The van der Waals surface area contributed by atoms with Gasteiger partial charge in [-0.3, -0.25) is 0 Å². The summed E-state index contributed by atoms with van der Waals surface area (Å²) >= 11 is 0. The summed E-state index contributed by atoms with van der Waals surface area (Å²) in [5.41, 5.74) is 0. The van der Waals surface area contributed by atoms with Crippen LogP contribution < -0.4 is 0 Å². The van der Waals surface area contributed by atoms with E-state index < -0.39 is 0 Å². The summed E-state index contributed by atoms with van der Waals surface area (Å²) in [5.74, 6) is 5.93. The first kappa shape index (κ1) is 17.8. The van der Waals surface area contributed by atoms with Crippen molar-refractivity contribution in [2.75, 3.05) is 20.6 Å². The molecule has 0 saturated heterocycles. The SMILES string of the molecule is CC[N+](C)(C)C(=O)OC1CCC2C(CCC3C4CCCC4CCC23)C1. The molecule has 7 unspecified atom stereocenters. The summed E-state index contributed by atoms with van der Waals surface area (Å²) in [6, 6.07) is 0. The molecule has 0 aromatic carbocycles. The van der Waals surface area contributed by atoms with Gasteiger partial charge in [0.25, 0.3) is 0 Å². The number of nitrogens with zero attached hydrogens (tertiary/aromatic N) is 1. The molecule has 0 N–H and O–H groups in total. The lowest BCUT2D eigenvalue weighted by molar-refractivity contribution is -0.815. The lowest BCUT2D eigenvalue weighted by Gasteiger charge is -2.52. The van der Waals surface area contributed by atoms with Gasteiger partial charge >= 0.3 is 6.09 Å². The van der Waals surface area contributed by atoms with Crippen molar-refractivity contribution in [3.63, 3.8) is 0 Å². The van der Waals surface area contributed by atoms with Crippen LogP contribution in [0.4, 0.5) is 4.79 Å². The first-order valence-corrected chi connectivity index (χ1v) is 11.0. The zero-order chi connectivity index (χ0) is 17.6. The normalized spacial score (nSPS) is 43.7. The first-order valence-electron chi connectivity index (χ1n) is 11.0. The van der Waals surface area contributed by atoms with E-state index in [4.69, 9.17) is 4.74 Å². The van der Waals surface area contributed by atoms with E-state index in [1.807, 2.05) is 14.1 Å². The topological polar surface area (TPSA) is 26.3 Å². The molecule has 4 fully saturated rings. The van der Waals surface area contributed by atoms with Crippen LogP contribution in [0.5, 0.6) is 0 Å². The Hall–Kier alpha value is -0.570. The smallest absolute Gasteiger partial charge is 0.417 e. The molecule has 3 heteroatoms. The minimum Gasteiger partial charge on any atom is -0.417 e. The molecule has 1 amide bonds. The van der Waals surface area contributed by atoms with Gasteiger partial charge in [-0.25, -0.2) is 4.48 Å². The van der Waals surface area contributed by atoms with Crippen LogP contribution in [0, 0.1) is 35.5 Å². The molecule has 0 aromatic rings. The molecule has 25 heavy (non-hydrogen) atoms. The Morgan fingerprint density at radius 1 is 0.840 bits per heavy atom. The molecule has 0 aromatic heterocycles. The average molecular weight is 349 g/mol. The molecule has 7 atom stereocenters. The van der Waals surface area contributed by atoms with Gasteiger partial charge in [0.1, 0.15) is 6.10 Å². The fraction of sp³-hybridized carbons (Fsp3) is 0.955. The van der Waals surface area contributed by atoms with Gasteiger partial charge in [-0.15, -0.1) is 0 Å². The number of quaternary nitrogens is 1. The molecule has 4 aliphatic rings. The zero-order valence-electron chi connectivity index (χ0n) is 16.6.